The Morgan fingerprint density at radius 2 is 1.29 bits per heavy atom. The molecule has 2 unspecified atom stereocenters. The van der Waals surface area contributed by atoms with Crippen molar-refractivity contribution in [2.75, 3.05) is 0 Å². The molecule has 0 amide bonds. The smallest absolute Gasteiger partial charge is 0.0228 e. The topological polar surface area (TPSA) is 12.4 Å². The molecule has 1 nitrogen and oxygen atoms in total. The van der Waals surface area contributed by atoms with Gasteiger partial charge in [0.25, 0.3) is 0 Å². The molecule has 2 aliphatic rings. The van der Waals surface area contributed by atoms with Gasteiger partial charge in [-0.05, 0) is 102 Å². The Balaban J connectivity index is 1.21. The molecular formula is C47H37N. The average Bonchev–Trinajstić information content (AvgIpc) is 3.16. The molecule has 7 aromatic rings. The SMILES string of the molecule is CCc1ccc2c(c1)C=CC(c1c3ccccc3c(-c3cccc4c(-c5ccc(C6C=NC=CC6)cc5)cccc34)c3ccccc13)C2. The number of nitrogens with zero attached hydrogens (tertiary/aromatic N) is 1. The molecule has 0 saturated heterocycles. The fourth-order valence-corrected chi connectivity index (χ4v) is 8.17. The maximum absolute atomic E-state index is 4.38. The van der Waals surface area contributed by atoms with Crippen LogP contribution < -0.4 is 0 Å². The van der Waals surface area contributed by atoms with Crippen LogP contribution in [0.2, 0.25) is 0 Å². The highest BCUT2D eigenvalue weighted by molar-refractivity contribution is 6.19. The quantitative estimate of drug-likeness (QED) is 0.171. The minimum Gasteiger partial charge on any atom is -0.269 e. The van der Waals surface area contributed by atoms with Crippen LogP contribution in [-0.4, -0.2) is 6.21 Å². The van der Waals surface area contributed by atoms with Crippen molar-refractivity contribution in [2.24, 2.45) is 4.99 Å². The molecule has 0 aromatic heterocycles. The number of rotatable bonds is 5. The first-order valence-electron chi connectivity index (χ1n) is 17.3. The lowest BCUT2D eigenvalue weighted by Gasteiger charge is -2.25. The van der Waals surface area contributed by atoms with Gasteiger partial charge in [-0.15, -0.1) is 0 Å². The predicted octanol–water partition coefficient (Wildman–Crippen LogP) is 12.5. The van der Waals surface area contributed by atoms with E-state index in [0.29, 0.717) is 11.8 Å². The van der Waals surface area contributed by atoms with Gasteiger partial charge in [0.2, 0.25) is 0 Å². The van der Waals surface area contributed by atoms with Gasteiger partial charge in [0.1, 0.15) is 0 Å². The van der Waals surface area contributed by atoms with Crippen molar-refractivity contribution in [3.63, 3.8) is 0 Å². The van der Waals surface area contributed by atoms with Crippen molar-refractivity contribution in [3.8, 4) is 22.3 Å². The van der Waals surface area contributed by atoms with Crippen LogP contribution in [0.5, 0.6) is 0 Å². The van der Waals surface area contributed by atoms with E-state index in [4.69, 9.17) is 0 Å². The first kappa shape index (κ1) is 28.7. The largest absolute Gasteiger partial charge is 0.269 e. The van der Waals surface area contributed by atoms with E-state index >= 15 is 0 Å². The zero-order valence-corrected chi connectivity index (χ0v) is 27.2. The number of benzene rings is 7. The number of hydrogen-bond donors (Lipinski definition) is 0. The summed E-state index contributed by atoms with van der Waals surface area (Å²) in [5.74, 6) is 0.660. The van der Waals surface area contributed by atoms with Gasteiger partial charge in [-0.3, -0.25) is 4.99 Å². The van der Waals surface area contributed by atoms with E-state index in [1.807, 2.05) is 6.20 Å². The van der Waals surface area contributed by atoms with E-state index in [-0.39, 0.29) is 0 Å². The van der Waals surface area contributed by atoms with Crippen molar-refractivity contribution in [1.29, 1.82) is 0 Å². The number of aliphatic imine (C=N–C) groups is 1. The van der Waals surface area contributed by atoms with Gasteiger partial charge in [-0.25, -0.2) is 0 Å². The molecule has 0 fully saturated rings. The molecule has 0 radical (unpaired) electrons. The maximum atomic E-state index is 4.38. The number of hydrogen-bond acceptors (Lipinski definition) is 1. The van der Waals surface area contributed by atoms with Crippen LogP contribution in [-0.2, 0) is 12.8 Å². The maximum Gasteiger partial charge on any atom is 0.0228 e. The van der Waals surface area contributed by atoms with Crippen LogP contribution in [0.4, 0.5) is 0 Å². The van der Waals surface area contributed by atoms with Gasteiger partial charge in [0.15, 0.2) is 0 Å². The first-order chi connectivity index (χ1) is 23.8. The summed E-state index contributed by atoms with van der Waals surface area (Å²) in [7, 11) is 0. The summed E-state index contributed by atoms with van der Waals surface area (Å²) in [4.78, 5) is 4.38. The normalized spacial score (nSPS) is 16.9. The highest BCUT2D eigenvalue weighted by Gasteiger charge is 2.24. The van der Waals surface area contributed by atoms with Crippen LogP contribution in [0.3, 0.4) is 0 Å². The Kier molecular flexibility index (Phi) is 7.12. The lowest BCUT2D eigenvalue weighted by molar-refractivity contribution is 0.839. The second kappa shape index (κ2) is 11.9. The molecule has 48 heavy (non-hydrogen) atoms. The van der Waals surface area contributed by atoms with E-state index in [2.05, 4.69) is 164 Å². The molecule has 9 rings (SSSR count). The van der Waals surface area contributed by atoms with E-state index in [0.717, 1.165) is 19.3 Å². The van der Waals surface area contributed by atoms with E-state index in [1.165, 1.54) is 82.4 Å². The molecule has 230 valence electrons. The average molecular weight is 616 g/mol. The Bertz CT molecular complexity index is 2380. The minimum absolute atomic E-state index is 0.312. The molecule has 1 heterocycles. The van der Waals surface area contributed by atoms with Crippen LogP contribution in [0.25, 0.3) is 60.6 Å². The van der Waals surface area contributed by atoms with Gasteiger partial charge in [0.05, 0.1) is 0 Å². The van der Waals surface area contributed by atoms with Crippen LogP contribution >= 0.6 is 0 Å². The zero-order valence-electron chi connectivity index (χ0n) is 27.2. The fourth-order valence-electron chi connectivity index (χ4n) is 8.17. The summed E-state index contributed by atoms with van der Waals surface area (Å²) < 4.78 is 0. The summed E-state index contributed by atoms with van der Waals surface area (Å²) in [5, 5.41) is 7.89. The zero-order chi connectivity index (χ0) is 32.0. The van der Waals surface area contributed by atoms with E-state index in [1.54, 1.807) is 0 Å². The Morgan fingerprint density at radius 1 is 0.625 bits per heavy atom. The molecule has 0 saturated carbocycles. The third-order valence-electron chi connectivity index (χ3n) is 10.6. The number of allylic oxidation sites excluding steroid dienone is 2. The summed E-state index contributed by atoms with van der Waals surface area (Å²) in [5.41, 5.74) is 12.1. The number of aryl methyl sites for hydroxylation is 1. The molecule has 0 N–H and O–H groups in total. The first-order valence-corrected chi connectivity index (χ1v) is 17.3. The van der Waals surface area contributed by atoms with Crippen LogP contribution in [0, 0.1) is 0 Å². The van der Waals surface area contributed by atoms with Gasteiger partial charge in [-0.1, -0.05) is 153 Å². The lowest BCUT2D eigenvalue weighted by atomic mass is 9.78. The molecule has 1 heteroatoms. The molecule has 1 aliphatic heterocycles. The van der Waals surface area contributed by atoms with Crippen molar-refractivity contribution in [1.82, 2.24) is 0 Å². The molecule has 0 bridgehead atoms. The van der Waals surface area contributed by atoms with Gasteiger partial charge >= 0.3 is 0 Å². The van der Waals surface area contributed by atoms with E-state index < -0.39 is 0 Å². The Labute approximate surface area is 282 Å². The molecule has 2 atom stereocenters. The van der Waals surface area contributed by atoms with Crippen LogP contribution in [0.1, 0.15) is 53.0 Å². The molecule has 0 spiro atoms. The summed E-state index contributed by atoms with van der Waals surface area (Å²) in [6.07, 6.45) is 14.0. The monoisotopic (exact) mass is 615 g/mol. The summed E-state index contributed by atoms with van der Waals surface area (Å²) in [6, 6.07) is 47.9. The highest BCUT2D eigenvalue weighted by atomic mass is 14.7. The van der Waals surface area contributed by atoms with Crippen molar-refractivity contribution >= 4 is 44.6 Å². The van der Waals surface area contributed by atoms with E-state index in [9.17, 15) is 0 Å². The number of fused-ring (bicyclic) bond motifs is 4. The summed E-state index contributed by atoms with van der Waals surface area (Å²) >= 11 is 0. The molecule has 7 aromatic carbocycles. The van der Waals surface area contributed by atoms with Crippen molar-refractivity contribution < 1.29 is 0 Å². The van der Waals surface area contributed by atoms with Crippen LogP contribution in [0.15, 0.2) is 151 Å². The van der Waals surface area contributed by atoms with Gasteiger partial charge in [0, 0.05) is 24.3 Å². The fraction of sp³-hybridized carbons (Fsp3) is 0.128. The summed E-state index contributed by atoms with van der Waals surface area (Å²) in [6.45, 7) is 2.23. The molecule has 1 aliphatic carbocycles. The molecular weight excluding hydrogens is 579 g/mol. The predicted molar refractivity (Wildman–Crippen MR) is 206 cm³/mol. The second-order valence-electron chi connectivity index (χ2n) is 13.3. The Hall–Kier alpha value is -5.53. The third-order valence-corrected chi connectivity index (χ3v) is 10.6. The third kappa shape index (κ3) is 4.81. The Morgan fingerprint density at radius 3 is 1.98 bits per heavy atom. The minimum atomic E-state index is 0.312. The van der Waals surface area contributed by atoms with Gasteiger partial charge in [-0.2, -0.15) is 0 Å². The van der Waals surface area contributed by atoms with Crippen molar-refractivity contribution in [3.05, 3.63) is 174 Å². The second-order valence-corrected chi connectivity index (χ2v) is 13.3. The van der Waals surface area contributed by atoms with Crippen molar-refractivity contribution in [2.45, 2.75) is 38.0 Å². The lowest BCUT2D eigenvalue weighted by Crippen LogP contribution is -2.08. The van der Waals surface area contributed by atoms with Gasteiger partial charge < -0.3 is 0 Å². The highest BCUT2D eigenvalue weighted by Crippen LogP contribution is 2.46. The standard InChI is InChI=1S/C47H37N/c1-2-31-19-20-35-29-36(26-25-34(35)28-31)46-42-11-3-5-13-44(42)47(45-14-6-4-12-43(45)46)41-18-8-16-39-38(15-7-17-40(39)41)33-23-21-32(22-24-33)37-10-9-27-48-30-37/h3-9,11-28,30,36-37H,2,10,29H2,1H3.